The summed E-state index contributed by atoms with van der Waals surface area (Å²) in [6.45, 7) is 4.42. The molecular weight excluding hydrogens is 92.1 g/mol. The molecule has 0 saturated carbocycles. The van der Waals surface area contributed by atoms with E-state index in [4.69, 9.17) is 4.74 Å². The van der Waals surface area contributed by atoms with Crippen LogP contribution in [-0.4, -0.2) is 24.0 Å². The molecule has 0 radical (unpaired) electrons. The summed E-state index contributed by atoms with van der Waals surface area (Å²) in [6.07, 6.45) is 0. The van der Waals surface area contributed by atoms with Crippen molar-refractivity contribution in [2.24, 2.45) is 0 Å². The fraction of sp³-hybridized carbons (Fsp3) is 0.500. The molecule has 0 unspecified atom stereocenters. The van der Waals surface area contributed by atoms with Crippen LogP contribution in [0.1, 0.15) is 0 Å². The minimum Gasteiger partial charge on any atom is -0.381 e. The van der Waals surface area contributed by atoms with Gasteiger partial charge in [-0.1, -0.05) is 5.20 Å². The number of rotatable bonds is 2. The van der Waals surface area contributed by atoms with Gasteiger partial charge < -0.3 is 4.74 Å². The van der Waals surface area contributed by atoms with Crippen molar-refractivity contribution in [3.8, 4) is 0 Å². The Morgan fingerprint density at radius 1 is 2.00 bits per heavy atom. The van der Waals surface area contributed by atoms with Crippen molar-refractivity contribution >= 4 is 10.2 Å². The van der Waals surface area contributed by atoms with Crippen LogP contribution in [0.2, 0.25) is 0 Å². The molecule has 2 heteroatoms. The second-order valence-corrected chi connectivity index (χ2v) is 2.80. The Kier molecular flexibility index (Phi) is 3.08. The Morgan fingerprint density at radius 3 is 2.50 bits per heavy atom. The molecule has 0 bridgehead atoms. The van der Waals surface area contributed by atoms with Gasteiger partial charge in [-0.25, -0.2) is 0 Å². The van der Waals surface area contributed by atoms with E-state index in [0.29, 0.717) is 0 Å². The lowest BCUT2D eigenvalue weighted by molar-refractivity contribution is 0.231. The van der Waals surface area contributed by atoms with Crippen LogP contribution in [0.25, 0.3) is 0 Å². The molecule has 0 heterocycles. The van der Waals surface area contributed by atoms with E-state index in [1.165, 1.54) is 5.20 Å². The maximum atomic E-state index is 4.74. The molecule has 6 heavy (non-hydrogen) atoms. The Morgan fingerprint density at radius 2 is 2.50 bits per heavy atom. The SMILES string of the molecule is C=C([SiH3])COC. The molecule has 0 rings (SSSR count). The number of methoxy groups -OCH3 is 1. The molecule has 0 spiro atoms. The highest BCUT2D eigenvalue weighted by Crippen LogP contribution is 1.76. The highest BCUT2D eigenvalue weighted by molar-refractivity contribution is 6.21. The van der Waals surface area contributed by atoms with E-state index < -0.39 is 0 Å². The van der Waals surface area contributed by atoms with Gasteiger partial charge in [-0.2, -0.15) is 0 Å². The molecule has 1 nitrogen and oxygen atoms in total. The van der Waals surface area contributed by atoms with Crippen LogP contribution >= 0.6 is 0 Å². The minimum absolute atomic E-state index is 0.742. The topological polar surface area (TPSA) is 9.23 Å². The molecular formula is C4H10OSi. The van der Waals surface area contributed by atoms with Gasteiger partial charge in [-0.15, -0.1) is 6.58 Å². The van der Waals surface area contributed by atoms with Crippen LogP contribution in [0.3, 0.4) is 0 Å². The molecule has 36 valence electrons. The fourth-order valence-corrected chi connectivity index (χ4v) is 0.535. The van der Waals surface area contributed by atoms with Crippen LogP contribution in [-0.2, 0) is 4.74 Å². The number of ether oxygens (including phenoxy) is 1. The second-order valence-electron chi connectivity index (χ2n) is 1.39. The summed E-state index contributed by atoms with van der Waals surface area (Å²) >= 11 is 0. The van der Waals surface area contributed by atoms with Crippen molar-refractivity contribution in [1.29, 1.82) is 0 Å². The molecule has 0 saturated heterocycles. The van der Waals surface area contributed by atoms with Gasteiger partial charge in [0.05, 0.1) is 6.61 Å². The number of hydrogen-bond acceptors (Lipinski definition) is 1. The Bertz CT molecular complexity index is 51.5. The van der Waals surface area contributed by atoms with Gasteiger partial charge in [0.2, 0.25) is 0 Å². The molecule has 0 aliphatic rings. The zero-order valence-electron chi connectivity index (χ0n) is 4.32. The van der Waals surface area contributed by atoms with Crippen LogP contribution in [0, 0.1) is 0 Å². The third kappa shape index (κ3) is 3.92. The lowest BCUT2D eigenvalue weighted by Gasteiger charge is -1.90. The fourth-order valence-electron chi connectivity index (χ4n) is 0.246. The predicted molar refractivity (Wildman–Crippen MR) is 31.0 cm³/mol. The normalized spacial score (nSPS) is 8.83. The molecule has 0 aromatic carbocycles. The molecule has 0 fully saturated rings. The van der Waals surface area contributed by atoms with Gasteiger partial charge in [0.1, 0.15) is 0 Å². The highest BCUT2D eigenvalue weighted by Gasteiger charge is 1.75. The molecule has 0 aliphatic carbocycles. The van der Waals surface area contributed by atoms with Crippen LogP contribution in [0.5, 0.6) is 0 Å². The van der Waals surface area contributed by atoms with Crippen molar-refractivity contribution in [3.63, 3.8) is 0 Å². The third-order valence-electron chi connectivity index (χ3n) is 0.391. The zero-order chi connectivity index (χ0) is 4.99. The Balaban J connectivity index is 2.83. The number of hydrogen-bond donors (Lipinski definition) is 0. The molecule has 0 amide bonds. The van der Waals surface area contributed by atoms with Crippen molar-refractivity contribution in [2.75, 3.05) is 13.7 Å². The largest absolute Gasteiger partial charge is 0.381 e. The second kappa shape index (κ2) is 3.12. The minimum atomic E-state index is 0.742. The monoisotopic (exact) mass is 102 g/mol. The van der Waals surface area contributed by atoms with Crippen molar-refractivity contribution < 1.29 is 4.74 Å². The van der Waals surface area contributed by atoms with Crippen molar-refractivity contribution in [1.82, 2.24) is 0 Å². The summed E-state index contributed by atoms with van der Waals surface area (Å²) < 4.78 is 4.74. The van der Waals surface area contributed by atoms with E-state index in [1.54, 1.807) is 7.11 Å². The van der Waals surface area contributed by atoms with E-state index in [0.717, 1.165) is 16.8 Å². The lowest BCUT2D eigenvalue weighted by Crippen LogP contribution is -1.89. The summed E-state index contributed by atoms with van der Waals surface area (Å²) in [4.78, 5) is 0. The van der Waals surface area contributed by atoms with Gasteiger partial charge in [0.15, 0.2) is 0 Å². The van der Waals surface area contributed by atoms with E-state index in [2.05, 4.69) is 6.58 Å². The first-order valence-corrected chi connectivity index (χ1v) is 2.90. The lowest BCUT2D eigenvalue weighted by atomic mass is 10.7. The summed E-state index contributed by atoms with van der Waals surface area (Å²) in [5.74, 6) is 0. The van der Waals surface area contributed by atoms with Crippen LogP contribution in [0.4, 0.5) is 0 Å². The van der Waals surface area contributed by atoms with E-state index >= 15 is 0 Å². The summed E-state index contributed by atoms with van der Waals surface area (Å²) in [5.41, 5.74) is 0. The molecule has 0 aromatic heterocycles. The highest BCUT2D eigenvalue weighted by atomic mass is 28.1. The first kappa shape index (κ1) is 5.92. The predicted octanol–water partition coefficient (Wildman–Crippen LogP) is -0.488. The molecule has 0 atom stereocenters. The van der Waals surface area contributed by atoms with Gasteiger partial charge in [0, 0.05) is 17.4 Å². The van der Waals surface area contributed by atoms with Gasteiger partial charge in [-0.05, 0) is 0 Å². The van der Waals surface area contributed by atoms with Crippen molar-refractivity contribution in [2.45, 2.75) is 0 Å². The Hall–Kier alpha value is -0.0831. The van der Waals surface area contributed by atoms with E-state index in [-0.39, 0.29) is 0 Å². The molecule has 0 N–H and O–H groups in total. The van der Waals surface area contributed by atoms with Crippen LogP contribution in [0.15, 0.2) is 11.8 Å². The van der Waals surface area contributed by atoms with Gasteiger partial charge >= 0.3 is 0 Å². The maximum Gasteiger partial charge on any atom is 0.0625 e. The summed E-state index contributed by atoms with van der Waals surface area (Å²) in [5, 5.41) is 1.21. The zero-order valence-corrected chi connectivity index (χ0v) is 6.32. The van der Waals surface area contributed by atoms with Crippen LogP contribution < -0.4 is 0 Å². The third-order valence-corrected chi connectivity index (χ3v) is 0.679. The first-order valence-electron chi connectivity index (χ1n) is 1.90. The van der Waals surface area contributed by atoms with Gasteiger partial charge in [-0.3, -0.25) is 0 Å². The van der Waals surface area contributed by atoms with E-state index in [9.17, 15) is 0 Å². The standard InChI is InChI=1S/C4H10OSi/c1-4(6)3-5-2/h1,3H2,2,6H3. The van der Waals surface area contributed by atoms with Crippen molar-refractivity contribution in [3.05, 3.63) is 11.8 Å². The summed E-state index contributed by atoms with van der Waals surface area (Å²) in [6, 6.07) is 0. The Labute approximate surface area is 41.4 Å². The van der Waals surface area contributed by atoms with E-state index in [1.807, 2.05) is 0 Å². The molecule has 0 aromatic rings. The average Bonchev–Trinajstić information content (AvgIpc) is 1.35. The average molecular weight is 102 g/mol. The quantitative estimate of drug-likeness (QED) is 0.428. The first-order chi connectivity index (χ1) is 2.77. The maximum absolute atomic E-state index is 4.74. The smallest absolute Gasteiger partial charge is 0.0625 e. The summed E-state index contributed by atoms with van der Waals surface area (Å²) in [7, 11) is 2.74. The molecule has 0 aliphatic heterocycles. The van der Waals surface area contributed by atoms with Gasteiger partial charge in [0.25, 0.3) is 0 Å².